The number of amides is 1. The molecule has 114 valence electrons. The quantitative estimate of drug-likeness (QED) is 0.684. The van der Waals surface area contributed by atoms with Gasteiger partial charge in [0.1, 0.15) is 0 Å². The van der Waals surface area contributed by atoms with Crippen molar-refractivity contribution < 1.29 is 14.1 Å². The van der Waals surface area contributed by atoms with Crippen molar-refractivity contribution >= 4 is 11.6 Å². The third-order valence-electron chi connectivity index (χ3n) is 4.47. The van der Waals surface area contributed by atoms with Crippen LogP contribution in [0.3, 0.4) is 0 Å². The fourth-order valence-electron chi connectivity index (χ4n) is 3.08. The Bertz CT molecular complexity index is 562. The summed E-state index contributed by atoms with van der Waals surface area (Å²) in [4.78, 5) is 21.9. The molecule has 0 aliphatic heterocycles. The van der Waals surface area contributed by atoms with Gasteiger partial charge in [0, 0.05) is 17.7 Å². The van der Waals surface area contributed by atoms with Crippen LogP contribution in [0.2, 0.25) is 0 Å². The summed E-state index contributed by atoms with van der Waals surface area (Å²) in [5.41, 5.74) is -0.503. The lowest BCUT2D eigenvalue weighted by atomic mass is 9.93. The highest BCUT2D eigenvalue weighted by molar-refractivity contribution is 5.94. The highest BCUT2D eigenvalue weighted by Crippen LogP contribution is 2.34. The Morgan fingerprint density at radius 1 is 1.48 bits per heavy atom. The van der Waals surface area contributed by atoms with E-state index in [2.05, 4.69) is 19.2 Å². The molecule has 1 amide bonds. The number of hydrogen-bond donors (Lipinski definition) is 1. The van der Waals surface area contributed by atoms with Crippen molar-refractivity contribution in [3.05, 3.63) is 39.7 Å². The minimum atomic E-state index is -0.987. The summed E-state index contributed by atoms with van der Waals surface area (Å²) in [7, 11) is 0. The number of nitrogens with one attached hydrogen (secondary N) is 1. The van der Waals surface area contributed by atoms with Gasteiger partial charge in [-0.3, -0.25) is 14.9 Å². The Hall–Kier alpha value is -1.98. The van der Waals surface area contributed by atoms with Gasteiger partial charge in [0.2, 0.25) is 5.82 Å². The number of carbonyl (C=O) groups is 1. The predicted octanol–water partition coefficient (Wildman–Crippen LogP) is 3.29. The fourth-order valence-corrected chi connectivity index (χ4v) is 3.08. The van der Waals surface area contributed by atoms with Gasteiger partial charge >= 0.3 is 5.69 Å². The average Bonchev–Trinajstić information content (AvgIpc) is 2.79. The first-order chi connectivity index (χ1) is 9.93. The number of hydrogen-bond acceptors (Lipinski definition) is 3. The smallest absolute Gasteiger partial charge is 0.304 e. The minimum absolute atomic E-state index is 0.0840. The second kappa shape index (κ2) is 6.20. The molecule has 0 saturated heterocycles. The van der Waals surface area contributed by atoms with Crippen LogP contribution in [0.4, 0.5) is 10.1 Å². The van der Waals surface area contributed by atoms with Gasteiger partial charge in [-0.25, -0.2) is 0 Å². The zero-order valence-electron chi connectivity index (χ0n) is 12.1. The molecular formula is C15H19FN2O3. The van der Waals surface area contributed by atoms with Crippen LogP contribution >= 0.6 is 0 Å². The van der Waals surface area contributed by atoms with Gasteiger partial charge in [-0.2, -0.15) is 4.39 Å². The van der Waals surface area contributed by atoms with Crippen LogP contribution < -0.4 is 5.32 Å². The molecule has 3 unspecified atom stereocenters. The van der Waals surface area contributed by atoms with Crippen LogP contribution in [0.15, 0.2) is 18.2 Å². The van der Waals surface area contributed by atoms with E-state index in [1.54, 1.807) is 0 Å². The zero-order valence-corrected chi connectivity index (χ0v) is 12.1. The molecule has 1 fully saturated rings. The normalized spacial score (nSPS) is 24.8. The number of rotatable bonds is 4. The zero-order chi connectivity index (χ0) is 15.6. The van der Waals surface area contributed by atoms with Gasteiger partial charge in [-0.05, 0) is 36.8 Å². The molecule has 21 heavy (non-hydrogen) atoms. The van der Waals surface area contributed by atoms with E-state index in [4.69, 9.17) is 0 Å². The molecule has 1 aliphatic rings. The van der Waals surface area contributed by atoms with Gasteiger partial charge < -0.3 is 5.32 Å². The van der Waals surface area contributed by atoms with E-state index >= 15 is 0 Å². The summed E-state index contributed by atoms with van der Waals surface area (Å²) in [6.45, 7) is 4.25. The Balaban J connectivity index is 2.07. The summed E-state index contributed by atoms with van der Waals surface area (Å²) >= 11 is 0. The molecule has 0 bridgehead atoms. The third kappa shape index (κ3) is 3.20. The maximum atomic E-state index is 13.5. The Labute approximate surface area is 122 Å². The molecule has 1 aromatic carbocycles. The second-order valence-electron chi connectivity index (χ2n) is 5.61. The molecule has 3 atom stereocenters. The van der Waals surface area contributed by atoms with E-state index < -0.39 is 16.4 Å². The first-order valence-corrected chi connectivity index (χ1v) is 7.18. The van der Waals surface area contributed by atoms with Gasteiger partial charge in [0.05, 0.1) is 4.92 Å². The number of nitrogens with zero attached hydrogens (tertiary/aromatic N) is 1. The standard InChI is InChI=1S/C15H19FN2O3/c1-3-10-4-6-13(9(10)2)17-15(19)11-5-7-14(18(20)21)12(16)8-11/h5,7-10,13H,3-4,6H2,1-2H3,(H,17,19). The van der Waals surface area contributed by atoms with E-state index in [1.165, 1.54) is 6.07 Å². The Morgan fingerprint density at radius 2 is 2.19 bits per heavy atom. The van der Waals surface area contributed by atoms with Crippen LogP contribution in [0.25, 0.3) is 0 Å². The molecular weight excluding hydrogens is 275 g/mol. The molecule has 1 aromatic rings. The van der Waals surface area contributed by atoms with Crippen molar-refractivity contribution in [1.82, 2.24) is 5.32 Å². The molecule has 2 rings (SSSR count). The highest BCUT2D eigenvalue weighted by Gasteiger charge is 2.32. The molecule has 0 heterocycles. The topological polar surface area (TPSA) is 72.2 Å². The molecule has 5 nitrogen and oxygen atoms in total. The van der Waals surface area contributed by atoms with E-state index in [0.29, 0.717) is 11.8 Å². The van der Waals surface area contributed by atoms with Crippen LogP contribution in [0, 0.1) is 27.8 Å². The fraction of sp³-hybridized carbons (Fsp3) is 0.533. The van der Waals surface area contributed by atoms with Crippen molar-refractivity contribution in [2.75, 3.05) is 0 Å². The lowest BCUT2D eigenvalue weighted by molar-refractivity contribution is -0.387. The van der Waals surface area contributed by atoms with Crippen molar-refractivity contribution in [3.63, 3.8) is 0 Å². The van der Waals surface area contributed by atoms with E-state index in [-0.39, 0.29) is 17.5 Å². The predicted molar refractivity (Wildman–Crippen MR) is 76.5 cm³/mol. The van der Waals surface area contributed by atoms with E-state index in [9.17, 15) is 19.3 Å². The number of nitro groups is 1. The lowest BCUT2D eigenvalue weighted by Crippen LogP contribution is -2.37. The summed E-state index contributed by atoms with van der Waals surface area (Å²) < 4.78 is 13.5. The van der Waals surface area contributed by atoms with Crippen molar-refractivity contribution in [3.8, 4) is 0 Å². The maximum absolute atomic E-state index is 13.5. The number of benzene rings is 1. The molecule has 1 N–H and O–H groups in total. The van der Waals surface area contributed by atoms with Crippen molar-refractivity contribution in [2.45, 2.75) is 39.2 Å². The van der Waals surface area contributed by atoms with Crippen LogP contribution in [0.1, 0.15) is 43.5 Å². The molecule has 6 heteroatoms. The first-order valence-electron chi connectivity index (χ1n) is 7.18. The van der Waals surface area contributed by atoms with Crippen molar-refractivity contribution in [1.29, 1.82) is 0 Å². The summed E-state index contributed by atoms with van der Waals surface area (Å²) in [6, 6.07) is 3.32. The number of halogens is 1. The van der Waals surface area contributed by atoms with Gasteiger partial charge in [0.15, 0.2) is 0 Å². The molecule has 1 aliphatic carbocycles. The van der Waals surface area contributed by atoms with Gasteiger partial charge in [0.25, 0.3) is 5.91 Å². The number of nitro benzene ring substituents is 1. The van der Waals surface area contributed by atoms with Crippen molar-refractivity contribution in [2.24, 2.45) is 11.8 Å². The third-order valence-corrected chi connectivity index (χ3v) is 4.47. The van der Waals surface area contributed by atoms with Gasteiger partial charge in [-0.15, -0.1) is 0 Å². The summed E-state index contributed by atoms with van der Waals surface area (Å²) in [5.74, 6) is -0.373. The largest absolute Gasteiger partial charge is 0.349 e. The van der Waals surface area contributed by atoms with E-state index in [1.807, 2.05) is 0 Å². The Kier molecular flexibility index (Phi) is 4.55. The summed E-state index contributed by atoms with van der Waals surface area (Å²) in [5, 5.41) is 13.5. The molecule has 0 aromatic heterocycles. The maximum Gasteiger partial charge on any atom is 0.304 e. The highest BCUT2D eigenvalue weighted by atomic mass is 19.1. The number of carbonyl (C=O) groups excluding carboxylic acids is 1. The van der Waals surface area contributed by atoms with Crippen LogP contribution in [0.5, 0.6) is 0 Å². The van der Waals surface area contributed by atoms with Gasteiger partial charge in [-0.1, -0.05) is 20.3 Å². The monoisotopic (exact) mass is 294 g/mol. The molecule has 0 spiro atoms. The average molecular weight is 294 g/mol. The second-order valence-corrected chi connectivity index (χ2v) is 5.61. The van der Waals surface area contributed by atoms with E-state index in [0.717, 1.165) is 31.4 Å². The van der Waals surface area contributed by atoms with Crippen LogP contribution in [-0.2, 0) is 0 Å². The lowest BCUT2D eigenvalue weighted by Gasteiger charge is -2.21. The molecule has 0 radical (unpaired) electrons. The van der Waals surface area contributed by atoms with Crippen LogP contribution in [-0.4, -0.2) is 16.9 Å². The minimum Gasteiger partial charge on any atom is -0.349 e. The molecule has 1 saturated carbocycles. The SMILES string of the molecule is CCC1CCC(NC(=O)c2ccc([N+](=O)[O-])c(F)c2)C1C. The Morgan fingerprint density at radius 3 is 2.71 bits per heavy atom. The summed E-state index contributed by atoms with van der Waals surface area (Å²) in [6.07, 6.45) is 3.08. The first kappa shape index (κ1) is 15.4.